The Kier molecular flexibility index (Phi) is 21.1. The van der Waals surface area contributed by atoms with E-state index in [1.54, 1.807) is 7.05 Å². The third kappa shape index (κ3) is 19.5. The molecule has 0 spiro atoms. The lowest BCUT2D eigenvalue weighted by Gasteiger charge is -2.23. The monoisotopic (exact) mass is 468 g/mol. The summed E-state index contributed by atoms with van der Waals surface area (Å²) >= 11 is 0. The molecule has 0 fully saturated rings. The van der Waals surface area contributed by atoms with Crippen LogP contribution >= 0.6 is 0 Å². The molecule has 4 N–H and O–H groups in total. The quantitative estimate of drug-likeness (QED) is 0.206. The third-order valence-corrected chi connectivity index (χ3v) is 5.98. The number of nitrogens with two attached hydrogens (primary N) is 1. The normalized spacial score (nSPS) is 11.8. The molecule has 1 atom stereocenters. The molecule has 0 aliphatic heterocycles. The van der Waals surface area contributed by atoms with Crippen LogP contribution in [0.4, 0.5) is 0 Å². The van der Waals surface area contributed by atoms with Gasteiger partial charge >= 0.3 is 0 Å². The van der Waals surface area contributed by atoms with E-state index in [1.807, 2.05) is 0 Å². The van der Waals surface area contributed by atoms with Crippen molar-refractivity contribution in [2.24, 2.45) is 5.73 Å². The molecule has 0 unspecified atom stereocenters. The summed E-state index contributed by atoms with van der Waals surface area (Å²) in [4.78, 5) is 37.4. The summed E-state index contributed by atoms with van der Waals surface area (Å²) in [5.74, 6) is -0.688. The van der Waals surface area contributed by atoms with Crippen LogP contribution in [0.3, 0.4) is 0 Å². The van der Waals surface area contributed by atoms with Crippen LogP contribution in [0.2, 0.25) is 0 Å². The molecule has 0 saturated carbocycles. The predicted octanol–water partition coefficient (Wildman–Crippen LogP) is 4.29. The number of hydrogen-bond donors (Lipinski definition) is 3. The van der Waals surface area contributed by atoms with Crippen molar-refractivity contribution >= 4 is 17.7 Å². The first-order valence-electron chi connectivity index (χ1n) is 13.4. The topological polar surface area (TPSA) is 105 Å². The number of carbonyl (C=O) groups is 3. The van der Waals surface area contributed by atoms with E-state index in [-0.39, 0.29) is 24.3 Å². The van der Waals surface area contributed by atoms with Gasteiger partial charge in [-0.05, 0) is 25.8 Å². The lowest BCUT2D eigenvalue weighted by atomic mass is 10.0. The zero-order chi connectivity index (χ0) is 24.7. The minimum absolute atomic E-state index is 0.00382. The van der Waals surface area contributed by atoms with Crippen molar-refractivity contribution in [1.29, 1.82) is 0 Å². The minimum atomic E-state index is -0.630. The van der Waals surface area contributed by atoms with Gasteiger partial charge in [0, 0.05) is 20.5 Å². The van der Waals surface area contributed by atoms with Crippen LogP contribution in [0.25, 0.3) is 0 Å². The molecule has 0 aromatic heterocycles. The molecule has 0 aliphatic rings. The molecule has 0 aromatic rings. The van der Waals surface area contributed by atoms with E-state index in [0.717, 1.165) is 12.8 Å². The van der Waals surface area contributed by atoms with Gasteiger partial charge < -0.3 is 21.3 Å². The van der Waals surface area contributed by atoms with Crippen LogP contribution in [0.1, 0.15) is 117 Å². The van der Waals surface area contributed by atoms with Gasteiger partial charge in [0.1, 0.15) is 6.04 Å². The van der Waals surface area contributed by atoms with Crippen molar-refractivity contribution in [1.82, 2.24) is 15.5 Å². The van der Waals surface area contributed by atoms with Crippen molar-refractivity contribution in [3.63, 3.8) is 0 Å². The molecule has 0 heterocycles. The lowest BCUT2D eigenvalue weighted by molar-refractivity contribution is -0.138. The summed E-state index contributed by atoms with van der Waals surface area (Å²) in [7, 11) is 1.59. The molecular formula is C26H52N4O3. The van der Waals surface area contributed by atoms with Gasteiger partial charge in [0.05, 0.1) is 6.54 Å². The van der Waals surface area contributed by atoms with E-state index < -0.39 is 6.04 Å². The van der Waals surface area contributed by atoms with E-state index >= 15 is 0 Å². The van der Waals surface area contributed by atoms with Gasteiger partial charge in [0.15, 0.2) is 0 Å². The molecule has 33 heavy (non-hydrogen) atoms. The summed E-state index contributed by atoms with van der Waals surface area (Å²) in [6, 6.07) is -0.630. The van der Waals surface area contributed by atoms with Gasteiger partial charge in [-0.25, -0.2) is 0 Å². The predicted molar refractivity (Wildman–Crippen MR) is 137 cm³/mol. The number of nitrogens with zero attached hydrogens (tertiary/aromatic N) is 1. The average molecular weight is 469 g/mol. The highest BCUT2D eigenvalue weighted by molar-refractivity contribution is 5.89. The minimum Gasteiger partial charge on any atom is -0.355 e. The van der Waals surface area contributed by atoms with Crippen LogP contribution in [0.5, 0.6) is 0 Å². The van der Waals surface area contributed by atoms with Crippen LogP contribution in [0.15, 0.2) is 0 Å². The smallest absolute Gasteiger partial charge is 0.245 e. The van der Waals surface area contributed by atoms with Crippen molar-refractivity contribution in [2.75, 3.05) is 26.7 Å². The highest BCUT2D eigenvalue weighted by atomic mass is 16.2. The average Bonchev–Trinajstić information content (AvgIpc) is 2.78. The molecule has 0 rings (SSSR count). The standard InChI is InChI=1S/C26H52N4O3/c1-4-5-6-7-8-9-10-11-12-13-14-15-16-17-21-28-25(32)22-30(3)26(33)24(19-18-20-27)29-23(2)31/h24H,4-22,27H2,1-3H3,(H,28,32)(H,29,31)/t24-/m1/s1. The van der Waals surface area contributed by atoms with Gasteiger partial charge in [0.2, 0.25) is 17.7 Å². The Hall–Kier alpha value is -1.63. The van der Waals surface area contributed by atoms with Gasteiger partial charge in [-0.2, -0.15) is 0 Å². The highest BCUT2D eigenvalue weighted by Gasteiger charge is 2.23. The molecule has 7 heteroatoms. The summed E-state index contributed by atoms with van der Waals surface area (Å²) in [5.41, 5.74) is 5.51. The summed E-state index contributed by atoms with van der Waals surface area (Å²) in [6.07, 6.45) is 19.4. The van der Waals surface area contributed by atoms with Crippen LogP contribution in [0, 0.1) is 0 Å². The largest absolute Gasteiger partial charge is 0.355 e. The van der Waals surface area contributed by atoms with E-state index in [1.165, 1.54) is 88.9 Å². The molecule has 0 radical (unpaired) electrons. The number of nitrogens with one attached hydrogen (secondary N) is 2. The molecule has 3 amide bonds. The highest BCUT2D eigenvalue weighted by Crippen LogP contribution is 2.12. The maximum Gasteiger partial charge on any atom is 0.245 e. The van der Waals surface area contributed by atoms with Crippen LogP contribution in [-0.4, -0.2) is 55.3 Å². The molecular weight excluding hydrogens is 416 g/mol. The number of hydrogen-bond acceptors (Lipinski definition) is 4. The summed E-state index contributed by atoms with van der Waals surface area (Å²) in [6.45, 7) is 4.73. The number of carbonyl (C=O) groups excluding carboxylic acids is 3. The molecule has 0 saturated heterocycles. The zero-order valence-corrected chi connectivity index (χ0v) is 21.8. The Morgan fingerprint density at radius 2 is 1.27 bits per heavy atom. The van der Waals surface area contributed by atoms with E-state index in [4.69, 9.17) is 5.73 Å². The molecule has 0 bridgehead atoms. The fourth-order valence-corrected chi connectivity index (χ4v) is 3.99. The van der Waals surface area contributed by atoms with Crippen LogP contribution < -0.4 is 16.4 Å². The number of amides is 3. The van der Waals surface area contributed by atoms with E-state index in [2.05, 4.69) is 17.6 Å². The first-order valence-corrected chi connectivity index (χ1v) is 13.4. The Labute approximate surface area is 203 Å². The second kappa shape index (κ2) is 22.2. The molecule has 194 valence electrons. The van der Waals surface area contributed by atoms with Gasteiger partial charge in [-0.1, -0.05) is 90.4 Å². The van der Waals surface area contributed by atoms with Crippen LogP contribution in [-0.2, 0) is 14.4 Å². The molecule has 0 aliphatic carbocycles. The number of rotatable bonds is 22. The first kappa shape index (κ1) is 31.4. The van der Waals surface area contributed by atoms with Crippen molar-refractivity contribution in [3.8, 4) is 0 Å². The van der Waals surface area contributed by atoms with E-state index in [9.17, 15) is 14.4 Å². The fourth-order valence-electron chi connectivity index (χ4n) is 3.99. The molecule has 0 aromatic carbocycles. The first-order chi connectivity index (χ1) is 15.9. The Balaban J connectivity index is 3.71. The van der Waals surface area contributed by atoms with E-state index in [0.29, 0.717) is 25.9 Å². The Morgan fingerprint density at radius 1 is 0.788 bits per heavy atom. The second-order valence-electron chi connectivity index (χ2n) is 9.32. The summed E-state index contributed by atoms with van der Waals surface area (Å²) in [5, 5.41) is 5.55. The Bertz CT molecular complexity index is 514. The van der Waals surface area contributed by atoms with Crippen molar-refractivity contribution in [2.45, 2.75) is 123 Å². The third-order valence-electron chi connectivity index (χ3n) is 5.98. The Morgan fingerprint density at radius 3 is 1.73 bits per heavy atom. The SMILES string of the molecule is CCCCCCCCCCCCCCCCNC(=O)CN(C)C(=O)[C@@H](CCCN)NC(C)=O. The number of unbranched alkanes of at least 4 members (excludes halogenated alkanes) is 13. The maximum atomic E-state index is 12.5. The van der Waals surface area contributed by atoms with Gasteiger partial charge in [-0.3, -0.25) is 14.4 Å². The van der Waals surface area contributed by atoms with Gasteiger partial charge in [0.25, 0.3) is 0 Å². The second-order valence-corrected chi connectivity index (χ2v) is 9.32. The lowest BCUT2D eigenvalue weighted by Crippen LogP contribution is -2.49. The van der Waals surface area contributed by atoms with Crippen molar-refractivity contribution < 1.29 is 14.4 Å². The summed E-state index contributed by atoms with van der Waals surface area (Å²) < 4.78 is 0. The fraction of sp³-hybridized carbons (Fsp3) is 0.885. The van der Waals surface area contributed by atoms with Gasteiger partial charge in [-0.15, -0.1) is 0 Å². The number of likely N-dealkylation sites (N-methyl/N-ethyl adjacent to an activating group) is 1. The molecule has 7 nitrogen and oxygen atoms in total. The maximum absolute atomic E-state index is 12.5. The zero-order valence-electron chi connectivity index (χ0n) is 21.8. The van der Waals surface area contributed by atoms with Crippen molar-refractivity contribution in [3.05, 3.63) is 0 Å².